The number of hydrogen-bond donors (Lipinski definition) is 1. The predicted octanol–water partition coefficient (Wildman–Crippen LogP) is 5.85. The molecule has 1 heterocycles. The molecule has 0 spiro atoms. The van der Waals surface area contributed by atoms with Gasteiger partial charge >= 0.3 is 0 Å². The highest BCUT2D eigenvalue weighted by molar-refractivity contribution is 6.46. The van der Waals surface area contributed by atoms with Crippen LogP contribution in [0.1, 0.15) is 50.8 Å². The number of fused-ring (bicyclic) bond motifs is 1. The smallest absolute Gasteiger partial charge is 0.295 e. The first-order chi connectivity index (χ1) is 15.9. The molecular weight excluding hydrogens is 414 g/mol. The van der Waals surface area contributed by atoms with E-state index < -0.39 is 17.7 Å². The summed E-state index contributed by atoms with van der Waals surface area (Å²) in [5, 5.41) is 13.2. The van der Waals surface area contributed by atoms with Crippen molar-refractivity contribution in [1.82, 2.24) is 4.90 Å². The molecule has 1 amide bonds. The lowest BCUT2D eigenvalue weighted by Gasteiger charge is -2.26. The first-order valence-electron chi connectivity index (χ1n) is 11.5. The number of rotatable bonds is 7. The van der Waals surface area contributed by atoms with Gasteiger partial charge < -0.3 is 14.7 Å². The molecule has 0 bridgehead atoms. The van der Waals surface area contributed by atoms with Crippen molar-refractivity contribution in [3.8, 4) is 5.75 Å². The predicted molar refractivity (Wildman–Crippen MR) is 130 cm³/mol. The lowest BCUT2D eigenvalue weighted by molar-refractivity contribution is -0.139. The highest BCUT2D eigenvalue weighted by atomic mass is 16.5. The summed E-state index contributed by atoms with van der Waals surface area (Å²) >= 11 is 0. The number of likely N-dealkylation sites (tertiary alicyclic amines) is 1. The molecular formula is C28H29NO4. The van der Waals surface area contributed by atoms with E-state index in [-0.39, 0.29) is 17.4 Å². The fraction of sp³-hybridized carbons (Fsp3) is 0.286. The number of ketones is 1. The number of amides is 1. The summed E-state index contributed by atoms with van der Waals surface area (Å²) in [6.07, 6.45) is 1.64. The van der Waals surface area contributed by atoms with Crippen molar-refractivity contribution in [1.29, 1.82) is 0 Å². The van der Waals surface area contributed by atoms with Gasteiger partial charge in [-0.15, -0.1) is 0 Å². The van der Waals surface area contributed by atoms with Gasteiger partial charge in [0.2, 0.25) is 0 Å². The normalized spacial score (nSPS) is 17.8. The van der Waals surface area contributed by atoms with Gasteiger partial charge in [0.25, 0.3) is 11.7 Å². The van der Waals surface area contributed by atoms with E-state index in [0.717, 1.165) is 29.2 Å². The monoisotopic (exact) mass is 443 g/mol. The maximum atomic E-state index is 13.2. The Labute approximate surface area is 194 Å². The van der Waals surface area contributed by atoms with Crippen LogP contribution < -0.4 is 4.74 Å². The lowest BCUT2D eigenvalue weighted by Crippen LogP contribution is -2.30. The van der Waals surface area contributed by atoms with Crippen LogP contribution in [0.5, 0.6) is 5.75 Å². The van der Waals surface area contributed by atoms with Crippen LogP contribution in [0.3, 0.4) is 0 Å². The van der Waals surface area contributed by atoms with Crippen molar-refractivity contribution in [2.75, 3.05) is 6.54 Å². The number of nitrogens with zero attached hydrogens (tertiary/aromatic N) is 1. The van der Waals surface area contributed by atoms with Crippen LogP contribution in [-0.4, -0.2) is 34.3 Å². The summed E-state index contributed by atoms with van der Waals surface area (Å²) < 4.78 is 5.86. The largest absolute Gasteiger partial charge is 0.507 e. The van der Waals surface area contributed by atoms with Crippen LogP contribution in [0.25, 0.3) is 16.5 Å². The van der Waals surface area contributed by atoms with Crippen molar-refractivity contribution in [3.05, 3.63) is 83.4 Å². The first-order valence-corrected chi connectivity index (χ1v) is 11.5. The molecule has 1 saturated heterocycles. The van der Waals surface area contributed by atoms with Crippen molar-refractivity contribution in [3.63, 3.8) is 0 Å². The van der Waals surface area contributed by atoms with E-state index >= 15 is 0 Å². The molecule has 5 heteroatoms. The Morgan fingerprint density at radius 1 is 1.03 bits per heavy atom. The summed E-state index contributed by atoms with van der Waals surface area (Å²) in [6.45, 7) is 6.37. The zero-order valence-electron chi connectivity index (χ0n) is 19.2. The molecule has 1 unspecified atom stereocenters. The molecule has 0 radical (unpaired) electrons. The third-order valence-corrected chi connectivity index (χ3v) is 5.88. The molecule has 1 fully saturated rings. The minimum atomic E-state index is -0.675. The molecule has 1 atom stereocenters. The Balaban J connectivity index is 1.91. The number of aliphatic hydroxyl groups excluding tert-OH is 1. The average Bonchev–Trinajstić information content (AvgIpc) is 3.06. The van der Waals surface area contributed by atoms with Crippen molar-refractivity contribution in [2.24, 2.45) is 0 Å². The van der Waals surface area contributed by atoms with E-state index in [9.17, 15) is 14.7 Å². The maximum absolute atomic E-state index is 13.2. The van der Waals surface area contributed by atoms with Gasteiger partial charge in [0.1, 0.15) is 11.5 Å². The SMILES string of the molecule is CCCCN1C(=O)C(=O)/C(=C(\O)c2cccc3ccccc23)C1c1cccc(OC(C)C)c1. The zero-order chi connectivity index (χ0) is 23.5. The van der Waals surface area contributed by atoms with Crippen molar-refractivity contribution < 1.29 is 19.4 Å². The molecule has 33 heavy (non-hydrogen) atoms. The highest BCUT2D eigenvalue weighted by Gasteiger charge is 2.46. The first kappa shape index (κ1) is 22.6. The third kappa shape index (κ3) is 4.36. The Kier molecular flexibility index (Phi) is 6.50. The van der Waals surface area contributed by atoms with Crippen LogP contribution in [0, 0.1) is 0 Å². The molecule has 1 N–H and O–H groups in total. The summed E-state index contributed by atoms with van der Waals surface area (Å²) in [5.74, 6) is -0.722. The number of hydrogen-bond acceptors (Lipinski definition) is 4. The molecule has 1 aliphatic heterocycles. The second kappa shape index (κ2) is 9.49. The number of unbranched alkanes of at least 4 members (excludes halogenated alkanes) is 1. The van der Waals surface area contributed by atoms with Crippen molar-refractivity contribution >= 4 is 28.2 Å². The number of benzene rings is 3. The van der Waals surface area contributed by atoms with Crippen LogP contribution in [0.2, 0.25) is 0 Å². The molecule has 0 aliphatic carbocycles. The van der Waals surface area contributed by atoms with Crippen molar-refractivity contribution in [2.45, 2.75) is 45.8 Å². The second-order valence-electron chi connectivity index (χ2n) is 8.61. The van der Waals surface area contributed by atoms with Gasteiger partial charge in [-0.3, -0.25) is 9.59 Å². The molecule has 0 saturated carbocycles. The molecule has 3 aromatic carbocycles. The minimum absolute atomic E-state index is 0.0117. The van der Waals surface area contributed by atoms with Crippen LogP contribution >= 0.6 is 0 Å². The van der Waals surface area contributed by atoms with E-state index in [2.05, 4.69) is 0 Å². The topological polar surface area (TPSA) is 66.8 Å². The van der Waals surface area contributed by atoms with E-state index in [4.69, 9.17) is 4.74 Å². The number of Topliss-reactive ketones (excluding diaryl/α,β-unsaturated/α-hetero) is 1. The lowest BCUT2D eigenvalue weighted by atomic mass is 9.93. The zero-order valence-corrected chi connectivity index (χ0v) is 19.2. The summed E-state index contributed by atoms with van der Waals surface area (Å²) in [6, 6.07) is 20.0. The van der Waals surface area contributed by atoms with Gasteiger partial charge in [0.05, 0.1) is 17.7 Å². The molecule has 170 valence electrons. The summed E-state index contributed by atoms with van der Waals surface area (Å²) in [5.41, 5.74) is 1.40. The molecule has 3 aromatic rings. The fourth-order valence-corrected chi connectivity index (χ4v) is 4.39. The Hall–Kier alpha value is -3.60. The average molecular weight is 444 g/mol. The quantitative estimate of drug-likeness (QED) is 0.283. The van der Waals surface area contributed by atoms with Gasteiger partial charge in [-0.05, 0) is 48.7 Å². The highest BCUT2D eigenvalue weighted by Crippen LogP contribution is 2.41. The molecule has 0 aromatic heterocycles. The van der Waals surface area contributed by atoms with Gasteiger partial charge in [-0.25, -0.2) is 0 Å². The second-order valence-corrected chi connectivity index (χ2v) is 8.61. The molecule has 4 rings (SSSR count). The minimum Gasteiger partial charge on any atom is -0.507 e. The van der Waals surface area contributed by atoms with Gasteiger partial charge in [0, 0.05) is 12.1 Å². The van der Waals surface area contributed by atoms with Gasteiger partial charge in [-0.2, -0.15) is 0 Å². The number of aliphatic hydroxyl groups is 1. The van der Waals surface area contributed by atoms with Crippen LogP contribution in [-0.2, 0) is 9.59 Å². The maximum Gasteiger partial charge on any atom is 0.295 e. The summed E-state index contributed by atoms with van der Waals surface area (Å²) in [4.78, 5) is 27.9. The number of carbonyl (C=O) groups excluding carboxylic acids is 2. The number of ether oxygens (including phenoxy) is 1. The van der Waals surface area contributed by atoms with E-state index in [1.165, 1.54) is 0 Å². The van der Waals surface area contributed by atoms with E-state index in [0.29, 0.717) is 17.9 Å². The molecule has 5 nitrogen and oxygen atoms in total. The number of carbonyl (C=O) groups is 2. The van der Waals surface area contributed by atoms with E-state index in [1.54, 1.807) is 11.0 Å². The Morgan fingerprint density at radius 3 is 2.52 bits per heavy atom. The fourth-order valence-electron chi connectivity index (χ4n) is 4.39. The Morgan fingerprint density at radius 2 is 1.76 bits per heavy atom. The standard InChI is InChI=1S/C28H29NO4/c1-4-5-16-29-25(20-12-8-13-21(17-20)33-18(2)3)24(27(31)28(29)32)26(30)23-15-9-11-19-10-6-7-14-22(19)23/h6-15,17-18,25,30H,4-5,16H2,1-3H3/b26-24-. The van der Waals surface area contributed by atoms with Crippen LogP contribution in [0.15, 0.2) is 72.3 Å². The molecule has 1 aliphatic rings. The Bertz CT molecular complexity index is 1220. The van der Waals surface area contributed by atoms with Gasteiger partial charge in [-0.1, -0.05) is 67.9 Å². The third-order valence-electron chi connectivity index (χ3n) is 5.88. The van der Waals surface area contributed by atoms with Gasteiger partial charge in [0.15, 0.2) is 0 Å². The van der Waals surface area contributed by atoms with E-state index in [1.807, 2.05) is 81.4 Å². The summed E-state index contributed by atoms with van der Waals surface area (Å²) in [7, 11) is 0. The van der Waals surface area contributed by atoms with Crippen LogP contribution in [0.4, 0.5) is 0 Å².